The standard InChI is InChI=1S/C4H5BrN2O/c1-2-3(5)4(8)7-6-2/h3H,1H3,(H,7,8)/t3-/m0/s1. The molecular weight excluding hydrogens is 172 g/mol. The van der Waals surface area contributed by atoms with Crippen LogP contribution >= 0.6 is 15.9 Å². The van der Waals surface area contributed by atoms with Gasteiger partial charge in [-0.15, -0.1) is 0 Å². The van der Waals surface area contributed by atoms with Gasteiger partial charge in [-0.3, -0.25) is 4.79 Å². The zero-order chi connectivity index (χ0) is 6.15. The Hall–Kier alpha value is -0.380. The Morgan fingerprint density at radius 3 is 2.62 bits per heavy atom. The monoisotopic (exact) mass is 176 g/mol. The molecule has 0 spiro atoms. The molecule has 0 aromatic rings. The maximum absolute atomic E-state index is 10.5. The molecule has 0 saturated carbocycles. The first-order valence-corrected chi connectivity index (χ1v) is 3.11. The van der Waals surface area contributed by atoms with E-state index in [-0.39, 0.29) is 10.7 Å². The Morgan fingerprint density at radius 2 is 2.50 bits per heavy atom. The number of hydrazone groups is 1. The molecule has 0 unspecified atom stereocenters. The van der Waals surface area contributed by atoms with E-state index in [2.05, 4.69) is 26.5 Å². The van der Waals surface area contributed by atoms with Crippen molar-refractivity contribution in [1.29, 1.82) is 0 Å². The van der Waals surface area contributed by atoms with E-state index >= 15 is 0 Å². The van der Waals surface area contributed by atoms with Crippen LogP contribution in [-0.2, 0) is 4.79 Å². The zero-order valence-electron chi connectivity index (χ0n) is 4.31. The van der Waals surface area contributed by atoms with E-state index in [4.69, 9.17) is 0 Å². The van der Waals surface area contributed by atoms with E-state index in [9.17, 15) is 4.79 Å². The first kappa shape index (κ1) is 5.75. The SMILES string of the molecule is CC1=NNC(=O)[C@H]1Br. The molecule has 0 radical (unpaired) electrons. The summed E-state index contributed by atoms with van der Waals surface area (Å²) in [5, 5.41) is 3.67. The minimum Gasteiger partial charge on any atom is -0.271 e. The number of hydrogen-bond acceptors (Lipinski definition) is 2. The van der Waals surface area contributed by atoms with Gasteiger partial charge >= 0.3 is 0 Å². The molecule has 0 aliphatic carbocycles. The van der Waals surface area contributed by atoms with Gasteiger partial charge in [0.25, 0.3) is 5.91 Å². The molecule has 1 aliphatic rings. The van der Waals surface area contributed by atoms with Crippen molar-refractivity contribution in [1.82, 2.24) is 5.43 Å². The van der Waals surface area contributed by atoms with Crippen LogP contribution in [0.15, 0.2) is 5.10 Å². The minimum absolute atomic E-state index is 0.0810. The molecule has 1 aliphatic heterocycles. The van der Waals surface area contributed by atoms with E-state index in [0.717, 1.165) is 5.71 Å². The molecule has 1 rings (SSSR count). The number of hydrogen-bond donors (Lipinski definition) is 1. The fourth-order valence-electron chi connectivity index (χ4n) is 0.446. The molecule has 44 valence electrons. The second-order valence-electron chi connectivity index (χ2n) is 1.59. The van der Waals surface area contributed by atoms with E-state index < -0.39 is 0 Å². The van der Waals surface area contributed by atoms with Crippen molar-refractivity contribution in [3.8, 4) is 0 Å². The van der Waals surface area contributed by atoms with Crippen LogP contribution in [0.3, 0.4) is 0 Å². The highest BCUT2D eigenvalue weighted by molar-refractivity contribution is 9.10. The lowest BCUT2D eigenvalue weighted by Crippen LogP contribution is -2.21. The van der Waals surface area contributed by atoms with Gasteiger partial charge in [0.2, 0.25) is 0 Å². The smallest absolute Gasteiger partial charge is 0.259 e. The van der Waals surface area contributed by atoms with Crippen LogP contribution < -0.4 is 5.43 Å². The molecule has 3 nitrogen and oxygen atoms in total. The fourth-order valence-corrected chi connectivity index (χ4v) is 0.651. The van der Waals surface area contributed by atoms with Gasteiger partial charge < -0.3 is 0 Å². The molecule has 1 atom stereocenters. The second-order valence-corrected chi connectivity index (χ2v) is 2.51. The Balaban J connectivity index is 2.72. The third kappa shape index (κ3) is 0.753. The molecule has 1 amide bonds. The average Bonchev–Trinajstić information content (AvgIpc) is 1.98. The second kappa shape index (κ2) is 1.85. The lowest BCUT2D eigenvalue weighted by atomic mass is 10.3. The molecule has 0 aromatic carbocycles. The van der Waals surface area contributed by atoms with Crippen LogP contribution in [0.4, 0.5) is 0 Å². The maximum atomic E-state index is 10.5. The van der Waals surface area contributed by atoms with E-state index in [1.165, 1.54) is 0 Å². The quantitative estimate of drug-likeness (QED) is 0.529. The molecule has 0 aromatic heterocycles. The Bertz CT molecular complexity index is 154. The van der Waals surface area contributed by atoms with Crippen LogP contribution in [-0.4, -0.2) is 16.4 Å². The number of nitrogens with one attached hydrogen (secondary N) is 1. The molecule has 0 saturated heterocycles. The normalized spacial score (nSPS) is 27.5. The predicted molar refractivity (Wildman–Crippen MR) is 34.0 cm³/mol. The van der Waals surface area contributed by atoms with Gasteiger partial charge in [-0.05, 0) is 6.92 Å². The van der Waals surface area contributed by atoms with Crippen LogP contribution in [0, 0.1) is 0 Å². The number of alkyl halides is 1. The van der Waals surface area contributed by atoms with Gasteiger partial charge in [0.15, 0.2) is 0 Å². The van der Waals surface area contributed by atoms with Gasteiger partial charge in [-0.1, -0.05) is 15.9 Å². The maximum Gasteiger partial charge on any atom is 0.259 e. The van der Waals surface area contributed by atoms with E-state index in [1.54, 1.807) is 6.92 Å². The first-order valence-electron chi connectivity index (χ1n) is 2.20. The molecular formula is C4H5BrN2O. The zero-order valence-corrected chi connectivity index (χ0v) is 5.90. The third-order valence-electron chi connectivity index (χ3n) is 0.939. The van der Waals surface area contributed by atoms with Crippen LogP contribution in [0.2, 0.25) is 0 Å². The number of amides is 1. The fraction of sp³-hybridized carbons (Fsp3) is 0.500. The summed E-state index contributed by atoms with van der Waals surface area (Å²) in [5.74, 6) is -0.0810. The van der Waals surface area contributed by atoms with Gasteiger partial charge in [0.05, 0.1) is 5.71 Å². The van der Waals surface area contributed by atoms with E-state index in [0.29, 0.717) is 0 Å². The summed E-state index contributed by atoms with van der Waals surface area (Å²) in [5.41, 5.74) is 3.11. The first-order chi connectivity index (χ1) is 3.72. The molecule has 8 heavy (non-hydrogen) atoms. The van der Waals surface area contributed by atoms with Crippen LogP contribution in [0.1, 0.15) is 6.92 Å². The summed E-state index contributed by atoms with van der Waals surface area (Å²) >= 11 is 3.13. The predicted octanol–water partition coefficient (Wildman–Crippen LogP) is 0.256. The molecule has 1 heterocycles. The third-order valence-corrected chi connectivity index (χ3v) is 2.02. The van der Waals surface area contributed by atoms with Crippen LogP contribution in [0.25, 0.3) is 0 Å². The molecule has 0 fully saturated rings. The summed E-state index contributed by atoms with van der Waals surface area (Å²) in [4.78, 5) is 10.3. The van der Waals surface area contributed by atoms with Gasteiger partial charge in [0, 0.05) is 0 Å². The van der Waals surface area contributed by atoms with Crippen LogP contribution in [0.5, 0.6) is 0 Å². The highest BCUT2D eigenvalue weighted by atomic mass is 79.9. The van der Waals surface area contributed by atoms with Crippen molar-refractivity contribution in [3.63, 3.8) is 0 Å². The number of carbonyl (C=O) groups is 1. The largest absolute Gasteiger partial charge is 0.271 e. The summed E-state index contributed by atoms with van der Waals surface area (Å²) in [6, 6.07) is 0. The van der Waals surface area contributed by atoms with Crippen molar-refractivity contribution >= 4 is 27.5 Å². The van der Waals surface area contributed by atoms with Gasteiger partial charge in [-0.25, -0.2) is 5.43 Å². The number of carbonyl (C=O) groups excluding carboxylic acids is 1. The molecule has 4 heteroatoms. The highest BCUT2D eigenvalue weighted by Crippen LogP contribution is 2.06. The minimum atomic E-state index is -0.206. The summed E-state index contributed by atoms with van der Waals surface area (Å²) in [6.45, 7) is 1.79. The van der Waals surface area contributed by atoms with Gasteiger partial charge in [0.1, 0.15) is 4.83 Å². The lowest BCUT2D eigenvalue weighted by Gasteiger charge is -1.90. The Labute approximate surface area is 55.3 Å². The van der Waals surface area contributed by atoms with Crippen molar-refractivity contribution in [3.05, 3.63) is 0 Å². The van der Waals surface area contributed by atoms with Crippen molar-refractivity contribution in [2.75, 3.05) is 0 Å². The number of nitrogens with zero attached hydrogens (tertiary/aromatic N) is 1. The average molecular weight is 177 g/mol. The number of halogens is 1. The van der Waals surface area contributed by atoms with E-state index in [1.807, 2.05) is 0 Å². The Kier molecular flexibility index (Phi) is 1.33. The molecule has 1 N–H and O–H groups in total. The summed E-state index contributed by atoms with van der Waals surface area (Å²) in [6.07, 6.45) is 0. The lowest BCUT2D eigenvalue weighted by molar-refractivity contribution is -0.118. The molecule has 0 bridgehead atoms. The topological polar surface area (TPSA) is 41.5 Å². The van der Waals surface area contributed by atoms with Crippen molar-refractivity contribution in [2.45, 2.75) is 11.8 Å². The van der Waals surface area contributed by atoms with Crippen molar-refractivity contribution < 1.29 is 4.79 Å². The summed E-state index contributed by atoms with van der Waals surface area (Å²) < 4.78 is 0. The van der Waals surface area contributed by atoms with Gasteiger partial charge in [-0.2, -0.15) is 5.10 Å². The Morgan fingerprint density at radius 1 is 1.88 bits per heavy atom. The summed E-state index contributed by atoms with van der Waals surface area (Å²) in [7, 11) is 0. The highest BCUT2D eigenvalue weighted by Gasteiger charge is 2.22. The number of rotatable bonds is 0. The van der Waals surface area contributed by atoms with Crippen molar-refractivity contribution in [2.24, 2.45) is 5.10 Å².